The van der Waals surface area contributed by atoms with Crippen LogP contribution in [0.15, 0.2) is 18.2 Å². The number of halogens is 4. The van der Waals surface area contributed by atoms with E-state index in [-0.39, 0.29) is 6.42 Å². The van der Waals surface area contributed by atoms with E-state index in [4.69, 9.17) is 5.73 Å². The number of nitrogen functional groups attached to an aromatic ring is 1. The summed E-state index contributed by atoms with van der Waals surface area (Å²) in [6.07, 6.45) is -2.84. The summed E-state index contributed by atoms with van der Waals surface area (Å²) in [6.45, 7) is 1.99. The van der Waals surface area contributed by atoms with Crippen LogP contribution in [0, 0.1) is 5.82 Å². The molecule has 2 nitrogen and oxygen atoms in total. The fourth-order valence-corrected chi connectivity index (χ4v) is 2.97. The summed E-state index contributed by atoms with van der Waals surface area (Å²) in [5.41, 5.74) is 5.61. The molecule has 0 aliphatic heterocycles. The molecule has 114 valence electrons. The van der Waals surface area contributed by atoms with Crippen LogP contribution in [0.3, 0.4) is 0 Å². The number of hydrogen-bond donors (Lipinski definition) is 1. The minimum Gasteiger partial charge on any atom is -0.375 e. The van der Waals surface area contributed by atoms with Crippen molar-refractivity contribution in [3.8, 4) is 0 Å². The van der Waals surface area contributed by atoms with Crippen molar-refractivity contribution in [2.45, 2.75) is 32.4 Å². The number of aryl methyl sites for hydroxylation is 1. The topological polar surface area (TPSA) is 38.9 Å². The molecule has 0 saturated heterocycles. The molecule has 0 atom stereocenters. The largest absolute Gasteiger partial charge is 0.419 e. The van der Waals surface area contributed by atoms with Gasteiger partial charge in [-0.2, -0.15) is 13.2 Å². The molecule has 0 radical (unpaired) electrons. The van der Waals surface area contributed by atoms with Crippen molar-refractivity contribution >= 4 is 16.5 Å². The van der Waals surface area contributed by atoms with Crippen molar-refractivity contribution in [1.29, 1.82) is 0 Å². The molecule has 7 heteroatoms. The van der Waals surface area contributed by atoms with Gasteiger partial charge in [0, 0.05) is 11.3 Å². The molecule has 0 aliphatic rings. The second-order valence-corrected chi connectivity index (χ2v) is 5.78. The Morgan fingerprint density at radius 3 is 2.62 bits per heavy atom. The first-order valence-electron chi connectivity index (χ1n) is 6.41. The van der Waals surface area contributed by atoms with Crippen LogP contribution in [0.5, 0.6) is 0 Å². The highest BCUT2D eigenvalue weighted by molar-refractivity contribution is 7.15. The summed E-state index contributed by atoms with van der Waals surface area (Å²) in [4.78, 5) is 5.01. The maximum Gasteiger partial charge on any atom is 0.419 e. The first kappa shape index (κ1) is 15.8. The third kappa shape index (κ3) is 3.72. The predicted molar refractivity (Wildman–Crippen MR) is 74.7 cm³/mol. The first-order valence-corrected chi connectivity index (χ1v) is 7.22. The van der Waals surface area contributed by atoms with Gasteiger partial charge in [-0.15, -0.1) is 11.3 Å². The summed E-state index contributed by atoms with van der Waals surface area (Å²) >= 11 is 1.26. The van der Waals surface area contributed by atoms with Crippen molar-refractivity contribution in [2.24, 2.45) is 0 Å². The third-order valence-corrected chi connectivity index (χ3v) is 3.91. The van der Waals surface area contributed by atoms with E-state index in [9.17, 15) is 17.6 Å². The summed E-state index contributed by atoms with van der Waals surface area (Å²) < 4.78 is 51.4. The number of benzene rings is 1. The van der Waals surface area contributed by atoms with E-state index in [0.717, 1.165) is 35.5 Å². The van der Waals surface area contributed by atoms with Gasteiger partial charge in [0.1, 0.15) is 5.82 Å². The van der Waals surface area contributed by atoms with E-state index in [0.29, 0.717) is 10.7 Å². The highest BCUT2D eigenvalue weighted by Crippen LogP contribution is 2.33. The molecule has 0 amide bonds. The van der Waals surface area contributed by atoms with Crippen LogP contribution in [-0.4, -0.2) is 4.98 Å². The first-order chi connectivity index (χ1) is 9.81. The number of nitrogens with zero attached hydrogens (tertiary/aromatic N) is 1. The van der Waals surface area contributed by atoms with Gasteiger partial charge in [-0.05, 0) is 24.1 Å². The van der Waals surface area contributed by atoms with Crippen LogP contribution >= 0.6 is 11.3 Å². The average Bonchev–Trinajstić information content (AvgIpc) is 2.71. The highest BCUT2D eigenvalue weighted by atomic mass is 32.1. The zero-order chi connectivity index (χ0) is 15.6. The van der Waals surface area contributed by atoms with Crippen LogP contribution in [0.2, 0.25) is 0 Å². The van der Waals surface area contributed by atoms with Gasteiger partial charge in [-0.3, -0.25) is 0 Å². The molecule has 0 bridgehead atoms. The monoisotopic (exact) mass is 318 g/mol. The number of alkyl halides is 3. The lowest BCUT2D eigenvalue weighted by Crippen LogP contribution is -2.09. The zero-order valence-electron chi connectivity index (χ0n) is 11.3. The second kappa shape index (κ2) is 6.01. The van der Waals surface area contributed by atoms with Gasteiger partial charge in [-0.1, -0.05) is 19.4 Å². The molecule has 0 aliphatic carbocycles. The van der Waals surface area contributed by atoms with Gasteiger partial charge in [0.2, 0.25) is 0 Å². The third-order valence-electron chi connectivity index (χ3n) is 2.98. The van der Waals surface area contributed by atoms with Crippen molar-refractivity contribution in [3.05, 3.63) is 45.7 Å². The van der Waals surface area contributed by atoms with E-state index in [1.807, 2.05) is 6.92 Å². The van der Waals surface area contributed by atoms with Crippen LogP contribution in [0.25, 0.3) is 0 Å². The van der Waals surface area contributed by atoms with Crippen LogP contribution in [0.4, 0.5) is 22.7 Å². The van der Waals surface area contributed by atoms with Gasteiger partial charge in [0.25, 0.3) is 0 Å². The zero-order valence-corrected chi connectivity index (χ0v) is 12.1. The Labute approximate surface area is 123 Å². The molecule has 21 heavy (non-hydrogen) atoms. The number of hydrogen-bond acceptors (Lipinski definition) is 3. The minimum atomic E-state index is -4.70. The normalized spacial score (nSPS) is 11.9. The molecule has 2 rings (SSSR count). The van der Waals surface area contributed by atoms with Crippen molar-refractivity contribution in [3.63, 3.8) is 0 Å². The second-order valence-electron chi connectivity index (χ2n) is 4.66. The van der Waals surface area contributed by atoms with E-state index in [2.05, 4.69) is 4.98 Å². The van der Waals surface area contributed by atoms with Crippen molar-refractivity contribution in [1.82, 2.24) is 4.98 Å². The smallest absolute Gasteiger partial charge is 0.375 e. The molecule has 0 saturated carbocycles. The number of aromatic nitrogens is 1. The van der Waals surface area contributed by atoms with Gasteiger partial charge in [0.15, 0.2) is 5.13 Å². The fourth-order valence-electron chi connectivity index (χ4n) is 2.06. The SMILES string of the molecule is CCCc1nc(N)sc1Cc1ccc(F)c(C(F)(F)F)c1. The molecule has 2 aromatic rings. The highest BCUT2D eigenvalue weighted by Gasteiger charge is 2.34. The maximum absolute atomic E-state index is 13.3. The summed E-state index contributed by atoms with van der Waals surface area (Å²) in [5, 5.41) is 0.395. The van der Waals surface area contributed by atoms with Crippen LogP contribution in [0.1, 0.15) is 35.0 Å². The Morgan fingerprint density at radius 2 is 2.00 bits per heavy atom. The molecule has 1 heterocycles. The van der Waals surface area contributed by atoms with Gasteiger partial charge in [0.05, 0.1) is 11.3 Å². The Morgan fingerprint density at radius 1 is 1.29 bits per heavy atom. The standard InChI is InChI=1S/C14H14F4N2S/c1-2-3-11-12(21-13(19)20-11)7-8-4-5-10(15)9(6-8)14(16,17)18/h4-6H,2-3,7H2,1H3,(H2,19,20). The summed E-state index contributed by atoms with van der Waals surface area (Å²) in [7, 11) is 0. The lowest BCUT2D eigenvalue weighted by Gasteiger charge is -2.10. The molecular weight excluding hydrogens is 304 g/mol. The van der Waals surface area contributed by atoms with Crippen molar-refractivity contribution in [2.75, 3.05) is 5.73 Å². The Balaban J connectivity index is 2.32. The number of thiazole rings is 1. The van der Waals surface area contributed by atoms with Crippen molar-refractivity contribution < 1.29 is 17.6 Å². The Kier molecular flexibility index (Phi) is 4.51. The van der Waals surface area contributed by atoms with E-state index < -0.39 is 17.6 Å². The molecule has 1 aromatic heterocycles. The van der Waals surface area contributed by atoms with Crippen LogP contribution < -0.4 is 5.73 Å². The maximum atomic E-state index is 13.3. The molecule has 0 unspecified atom stereocenters. The summed E-state index contributed by atoms with van der Waals surface area (Å²) in [6, 6.07) is 3.05. The predicted octanol–water partition coefficient (Wildman–Crippen LogP) is 4.43. The van der Waals surface area contributed by atoms with Gasteiger partial charge >= 0.3 is 6.18 Å². The Bertz CT molecular complexity index is 634. The molecule has 2 N–H and O–H groups in total. The molecule has 0 spiro atoms. The molecule has 1 aromatic carbocycles. The number of anilines is 1. The molecule has 0 fully saturated rings. The number of nitrogens with two attached hydrogens (primary N) is 1. The quantitative estimate of drug-likeness (QED) is 0.847. The number of rotatable bonds is 4. The minimum absolute atomic E-state index is 0.271. The lowest BCUT2D eigenvalue weighted by molar-refractivity contribution is -0.140. The lowest BCUT2D eigenvalue weighted by atomic mass is 10.0. The van der Waals surface area contributed by atoms with E-state index in [1.54, 1.807) is 0 Å². The molecular formula is C14H14F4N2S. The van der Waals surface area contributed by atoms with E-state index in [1.165, 1.54) is 17.4 Å². The average molecular weight is 318 g/mol. The van der Waals surface area contributed by atoms with Crippen LogP contribution in [-0.2, 0) is 19.0 Å². The van der Waals surface area contributed by atoms with Gasteiger partial charge < -0.3 is 5.73 Å². The Hall–Kier alpha value is -1.63. The fraction of sp³-hybridized carbons (Fsp3) is 0.357. The van der Waals surface area contributed by atoms with E-state index >= 15 is 0 Å². The van der Waals surface area contributed by atoms with Gasteiger partial charge in [-0.25, -0.2) is 9.37 Å². The summed E-state index contributed by atoms with van der Waals surface area (Å²) in [5.74, 6) is -1.26.